The molecule has 0 unspecified atom stereocenters. The number of carbonyl (C=O) groups excluding carboxylic acids is 2. The average molecular weight is 349 g/mol. The molecule has 2 rings (SSSR count). The van der Waals surface area contributed by atoms with E-state index in [1.165, 1.54) is 25.6 Å². The summed E-state index contributed by atoms with van der Waals surface area (Å²) in [5.41, 5.74) is 3.42. The van der Waals surface area contributed by atoms with Gasteiger partial charge in [-0.15, -0.1) is 11.3 Å². The number of benzene rings is 1. The van der Waals surface area contributed by atoms with Crippen molar-refractivity contribution in [1.29, 1.82) is 0 Å². The van der Waals surface area contributed by atoms with E-state index in [0.717, 1.165) is 0 Å². The molecule has 0 aliphatic rings. The van der Waals surface area contributed by atoms with Crippen LogP contribution >= 0.6 is 11.3 Å². The molecule has 128 valence electrons. The summed E-state index contributed by atoms with van der Waals surface area (Å²) in [4.78, 5) is 24.6. The Balaban J connectivity index is 2.22. The van der Waals surface area contributed by atoms with Crippen molar-refractivity contribution in [3.63, 3.8) is 0 Å². The van der Waals surface area contributed by atoms with E-state index >= 15 is 0 Å². The summed E-state index contributed by atoms with van der Waals surface area (Å²) in [5.74, 6) is 0.376. The van der Waals surface area contributed by atoms with E-state index < -0.39 is 0 Å². The number of hydrogen-bond acceptors (Lipinski definition) is 6. The molecule has 7 nitrogen and oxygen atoms in total. The van der Waals surface area contributed by atoms with Gasteiger partial charge in [0.1, 0.15) is 16.5 Å². The molecule has 24 heavy (non-hydrogen) atoms. The first-order chi connectivity index (χ1) is 11.4. The predicted molar refractivity (Wildman–Crippen MR) is 93.0 cm³/mol. The fourth-order valence-corrected chi connectivity index (χ4v) is 2.74. The van der Waals surface area contributed by atoms with Gasteiger partial charge in [-0.25, -0.2) is 5.01 Å². The zero-order chi connectivity index (χ0) is 17.7. The second-order valence-corrected chi connectivity index (χ2v) is 5.97. The maximum atomic E-state index is 12.5. The third-order valence-electron chi connectivity index (χ3n) is 3.08. The molecule has 1 aromatic heterocycles. The van der Waals surface area contributed by atoms with E-state index in [2.05, 4.69) is 10.7 Å². The quantitative estimate of drug-likeness (QED) is 0.782. The summed E-state index contributed by atoms with van der Waals surface area (Å²) in [6, 6.07) is 6.54. The topological polar surface area (TPSA) is 79.9 Å². The second-order valence-electron chi connectivity index (χ2n) is 5.05. The monoisotopic (exact) mass is 349 g/mol. The number of amides is 2. The summed E-state index contributed by atoms with van der Waals surface area (Å²) in [6.07, 6.45) is 0. The van der Waals surface area contributed by atoms with Gasteiger partial charge in [0.25, 0.3) is 11.8 Å². The van der Waals surface area contributed by atoms with Gasteiger partial charge in [0.05, 0.1) is 19.8 Å². The van der Waals surface area contributed by atoms with Gasteiger partial charge < -0.3 is 14.8 Å². The minimum atomic E-state index is -0.353. The lowest BCUT2D eigenvalue weighted by Crippen LogP contribution is -2.36. The Morgan fingerprint density at radius 1 is 1.04 bits per heavy atom. The first-order valence-corrected chi connectivity index (χ1v) is 7.92. The molecule has 0 radical (unpaired) electrons. The number of rotatable bonds is 6. The number of hydrazine groups is 1. The normalized spacial score (nSPS) is 10.4. The molecule has 2 N–H and O–H groups in total. The summed E-state index contributed by atoms with van der Waals surface area (Å²) in [7, 11) is 6.45. The Labute approximate surface area is 144 Å². The van der Waals surface area contributed by atoms with Crippen molar-refractivity contribution in [1.82, 2.24) is 10.4 Å². The zero-order valence-corrected chi connectivity index (χ0v) is 14.7. The van der Waals surface area contributed by atoms with Gasteiger partial charge in [-0.3, -0.25) is 15.0 Å². The van der Waals surface area contributed by atoms with Crippen molar-refractivity contribution in [3.8, 4) is 11.5 Å². The number of nitrogens with zero attached hydrogens (tertiary/aromatic N) is 1. The van der Waals surface area contributed by atoms with Crippen LogP contribution in [0.25, 0.3) is 0 Å². The van der Waals surface area contributed by atoms with E-state index in [1.54, 1.807) is 48.7 Å². The van der Waals surface area contributed by atoms with Gasteiger partial charge in [-0.2, -0.15) is 0 Å². The molecule has 0 bridgehead atoms. The predicted octanol–water partition coefficient (Wildman–Crippen LogP) is 2.22. The average Bonchev–Trinajstić information content (AvgIpc) is 3.01. The molecule has 0 fully saturated rings. The molecular formula is C16H19N3O4S. The molecule has 1 aromatic carbocycles. The Bertz CT molecular complexity index is 720. The molecule has 0 aliphatic heterocycles. The highest BCUT2D eigenvalue weighted by atomic mass is 32.1. The SMILES string of the molecule is COc1cc(OC)cc(C(=O)Nc2sccc2C(=O)NN(C)C)c1. The molecular weight excluding hydrogens is 330 g/mol. The number of ether oxygens (including phenoxy) is 2. The number of anilines is 1. The van der Waals surface area contributed by atoms with E-state index in [0.29, 0.717) is 27.6 Å². The van der Waals surface area contributed by atoms with Gasteiger partial charge in [0.15, 0.2) is 0 Å². The Kier molecular flexibility index (Phi) is 5.78. The van der Waals surface area contributed by atoms with Crippen molar-refractivity contribution in [2.75, 3.05) is 33.6 Å². The third kappa shape index (κ3) is 4.24. The molecule has 0 spiro atoms. The molecule has 0 aliphatic carbocycles. The molecule has 2 aromatic rings. The molecule has 0 atom stereocenters. The summed E-state index contributed by atoms with van der Waals surface area (Å²) in [6.45, 7) is 0. The molecule has 0 saturated heterocycles. The fourth-order valence-electron chi connectivity index (χ4n) is 1.96. The first-order valence-electron chi connectivity index (χ1n) is 7.04. The van der Waals surface area contributed by atoms with Crippen LogP contribution in [0.5, 0.6) is 11.5 Å². The number of carbonyl (C=O) groups is 2. The van der Waals surface area contributed by atoms with Crippen molar-refractivity contribution in [3.05, 3.63) is 40.8 Å². The van der Waals surface area contributed by atoms with E-state index in [-0.39, 0.29) is 11.8 Å². The van der Waals surface area contributed by atoms with Gasteiger partial charge in [-0.05, 0) is 23.6 Å². The molecule has 8 heteroatoms. The van der Waals surface area contributed by atoms with Crippen LogP contribution < -0.4 is 20.2 Å². The largest absolute Gasteiger partial charge is 0.497 e. The van der Waals surface area contributed by atoms with Crippen LogP contribution in [0, 0.1) is 0 Å². The van der Waals surface area contributed by atoms with Crippen molar-refractivity contribution in [2.24, 2.45) is 0 Å². The lowest BCUT2D eigenvalue weighted by molar-refractivity contribution is 0.0858. The van der Waals surface area contributed by atoms with Crippen molar-refractivity contribution >= 4 is 28.2 Å². The zero-order valence-electron chi connectivity index (χ0n) is 13.9. The fraction of sp³-hybridized carbons (Fsp3) is 0.250. The van der Waals surface area contributed by atoms with Crippen LogP contribution in [0.3, 0.4) is 0 Å². The van der Waals surface area contributed by atoms with E-state index in [4.69, 9.17) is 9.47 Å². The summed E-state index contributed by atoms with van der Waals surface area (Å²) >= 11 is 1.27. The standard InChI is InChI=1S/C16H19N3O4S/c1-19(2)18-15(21)13-5-6-24-16(13)17-14(20)10-7-11(22-3)9-12(8-10)23-4/h5-9H,1-4H3,(H,17,20)(H,18,21). The first kappa shape index (κ1) is 17.8. The van der Waals surface area contributed by atoms with Crippen LogP contribution in [-0.2, 0) is 0 Å². The maximum Gasteiger partial charge on any atom is 0.268 e. The van der Waals surface area contributed by atoms with Gasteiger partial charge in [0.2, 0.25) is 0 Å². The molecule has 1 heterocycles. The maximum absolute atomic E-state index is 12.5. The number of nitrogens with one attached hydrogen (secondary N) is 2. The Morgan fingerprint density at radius 2 is 1.67 bits per heavy atom. The smallest absolute Gasteiger partial charge is 0.268 e. The van der Waals surface area contributed by atoms with Crippen LogP contribution in [0.4, 0.5) is 5.00 Å². The highest BCUT2D eigenvalue weighted by Crippen LogP contribution is 2.26. The van der Waals surface area contributed by atoms with Crippen molar-refractivity contribution < 1.29 is 19.1 Å². The Morgan fingerprint density at radius 3 is 2.21 bits per heavy atom. The van der Waals surface area contributed by atoms with Crippen LogP contribution in [-0.4, -0.2) is 45.1 Å². The number of thiophene rings is 1. The molecule has 2 amide bonds. The lowest BCUT2D eigenvalue weighted by atomic mass is 10.2. The minimum Gasteiger partial charge on any atom is -0.497 e. The summed E-state index contributed by atoms with van der Waals surface area (Å²) < 4.78 is 10.3. The number of methoxy groups -OCH3 is 2. The van der Waals surface area contributed by atoms with Crippen LogP contribution in [0.15, 0.2) is 29.6 Å². The van der Waals surface area contributed by atoms with Crippen LogP contribution in [0.2, 0.25) is 0 Å². The van der Waals surface area contributed by atoms with Crippen LogP contribution in [0.1, 0.15) is 20.7 Å². The third-order valence-corrected chi connectivity index (χ3v) is 3.91. The van der Waals surface area contributed by atoms with E-state index in [1.807, 2.05) is 0 Å². The highest BCUT2D eigenvalue weighted by molar-refractivity contribution is 7.14. The highest BCUT2D eigenvalue weighted by Gasteiger charge is 2.17. The minimum absolute atomic E-state index is 0.292. The summed E-state index contributed by atoms with van der Waals surface area (Å²) in [5, 5.41) is 6.51. The molecule has 0 saturated carbocycles. The second kappa shape index (κ2) is 7.80. The van der Waals surface area contributed by atoms with Gasteiger partial charge >= 0.3 is 0 Å². The van der Waals surface area contributed by atoms with Gasteiger partial charge in [-0.1, -0.05) is 0 Å². The van der Waals surface area contributed by atoms with E-state index in [9.17, 15) is 9.59 Å². The Hall–Kier alpha value is -2.58. The van der Waals surface area contributed by atoms with Crippen molar-refractivity contribution in [2.45, 2.75) is 0 Å². The number of hydrogen-bond donors (Lipinski definition) is 2. The lowest BCUT2D eigenvalue weighted by Gasteiger charge is -2.13. The van der Waals surface area contributed by atoms with Gasteiger partial charge in [0, 0.05) is 25.7 Å².